The van der Waals surface area contributed by atoms with Crippen LogP contribution in [0.4, 0.5) is 5.69 Å². The summed E-state index contributed by atoms with van der Waals surface area (Å²) in [7, 11) is 0. The third-order valence-corrected chi connectivity index (χ3v) is 4.03. The number of amidine groups is 1. The average Bonchev–Trinajstić information content (AvgIpc) is 2.79. The molecule has 0 bridgehead atoms. The summed E-state index contributed by atoms with van der Waals surface area (Å²) < 4.78 is 5.66. The molecule has 0 radical (unpaired) electrons. The van der Waals surface area contributed by atoms with E-state index in [2.05, 4.69) is 17.2 Å². The van der Waals surface area contributed by atoms with Crippen molar-refractivity contribution >= 4 is 34.4 Å². The van der Waals surface area contributed by atoms with Gasteiger partial charge in [0.2, 0.25) is 5.91 Å². The Morgan fingerprint density at radius 2 is 2.23 bits per heavy atom. The van der Waals surface area contributed by atoms with E-state index in [0.717, 1.165) is 24.6 Å². The summed E-state index contributed by atoms with van der Waals surface area (Å²) in [5.41, 5.74) is 6.08. The molecule has 2 rings (SSSR count). The van der Waals surface area contributed by atoms with Crippen molar-refractivity contribution < 1.29 is 14.3 Å². The SMILES string of the molecule is CCCCOc1ccccc1NC(=O)C[C@H]1SC(N)=NC1=O. The molecule has 6 nitrogen and oxygen atoms in total. The number of hydrogen-bond acceptors (Lipinski definition) is 5. The predicted molar refractivity (Wildman–Crippen MR) is 88.1 cm³/mol. The number of para-hydroxylation sites is 2. The summed E-state index contributed by atoms with van der Waals surface area (Å²) in [6.07, 6.45) is 2.03. The van der Waals surface area contributed by atoms with Crippen LogP contribution in [0.25, 0.3) is 0 Å². The number of ether oxygens (including phenoxy) is 1. The highest BCUT2D eigenvalue weighted by atomic mass is 32.2. The summed E-state index contributed by atoms with van der Waals surface area (Å²) in [5.74, 6) is 0.0119. The van der Waals surface area contributed by atoms with Crippen molar-refractivity contribution in [1.29, 1.82) is 0 Å². The fourth-order valence-corrected chi connectivity index (χ4v) is 2.75. The van der Waals surface area contributed by atoms with Crippen LogP contribution in [-0.2, 0) is 9.59 Å². The van der Waals surface area contributed by atoms with Crippen molar-refractivity contribution in [1.82, 2.24) is 0 Å². The highest BCUT2D eigenvalue weighted by molar-refractivity contribution is 8.15. The lowest BCUT2D eigenvalue weighted by atomic mass is 10.2. The molecule has 0 aliphatic carbocycles. The van der Waals surface area contributed by atoms with Crippen molar-refractivity contribution in [3.63, 3.8) is 0 Å². The number of nitrogens with two attached hydrogens (primary N) is 1. The maximum absolute atomic E-state index is 12.1. The third-order valence-electron chi connectivity index (χ3n) is 3.05. The maximum atomic E-state index is 12.1. The highest BCUT2D eigenvalue weighted by Crippen LogP contribution is 2.26. The first-order valence-electron chi connectivity index (χ1n) is 7.16. The van der Waals surface area contributed by atoms with Crippen LogP contribution in [0.5, 0.6) is 5.75 Å². The van der Waals surface area contributed by atoms with Gasteiger partial charge in [-0.2, -0.15) is 4.99 Å². The van der Waals surface area contributed by atoms with E-state index < -0.39 is 5.25 Å². The smallest absolute Gasteiger partial charge is 0.262 e. The van der Waals surface area contributed by atoms with Gasteiger partial charge in [0, 0.05) is 6.42 Å². The minimum absolute atomic E-state index is 0.0387. The Kier molecular flexibility index (Phi) is 5.83. The van der Waals surface area contributed by atoms with E-state index in [-0.39, 0.29) is 23.4 Å². The zero-order valence-corrected chi connectivity index (χ0v) is 13.2. The Morgan fingerprint density at radius 3 is 2.91 bits per heavy atom. The van der Waals surface area contributed by atoms with Crippen LogP contribution in [-0.4, -0.2) is 28.8 Å². The number of unbranched alkanes of at least 4 members (excludes halogenated alkanes) is 1. The largest absolute Gasteiger partial charge is 0.491 e. The minimum Gasteiger partial charge on any atom is -0.491 e. The van der Waals surface area contributed by atoms with Crippen LogP contribution in [0.3, 0.4) is 0 Å². The van der Waals surface area contributed by atoms with E-state index in [9.17, 15) is 9.59 Å². The summed E-state index contributed by atoms with van der Waals surface area (Å²) in [6, 6.07) is 7.25. The first-order valence-corrected chi connectivity index (χ1v) is 8.04. The fraction of sp³-hybridized carbons (Fsp3) is 0.400. The molecule has 1 aliphatic heterocycles. The lowest BCUT2D eigenvalue weighted by molar-refractivity contribution is -0.121. The van der Waals surface area contributed by atoms with Gasteiger partial charge in [-0.05, 0) is 18.6 Å². The van der Waals surface area contributed by atoms with Gasteiger partial charge in [0.05, 0.1) is 12.3 Å². The molecule has 0 aromatic heterocycles. The van der Waals surface area contributed by atoms with E-state index in [1.807, 2.05) is 18.2 Å². The molecule has 0 spiro atoms. The fourth-order valence-electron chi connectivity index (χ4n) is 1.92. The molecule has 1 aliphatic rings. The molecule has 7 heteroatoms. The molecule has 22 heavy (non-hydrogen) atoms. The second-order valence-electron chi connectivity index (χ2n) is 4.85. The van der Waals surface area contributed by atoms with Crippen LogP contribution >= 0.6 is 11.8 Å². The van der Waals surface area contributed by atoms with Gasteiger partial charge < -0.3 is 15.8 Å². The van der Waals surface area contributed by atoms with Crippen LogP contribution < -0.4 is 15.8 Å². The minimum atomic E-state index is -0.534. The number of hydrogen-bond donors (Lipinski definition) is 2. The highest BCUT2D eigenvalue weighted by Gasteiger charge is 2.29. The number of nitrogens with one attached hydrogen (secondary N) is 1. The topological polar surface area (TPSA) is 93.8 Å². The van der Waals surface area contributed by atoms with Crippen LogP contribution in [0.2, 0.25) is 0 Å². The Balaban J connectivity index is 1.92. The van der Waals surface area contributed by atoms with Crippen molar-refractivity contribution in [2.45, 2.75) is 31.4 Å². The van der Waals surface area contributed by atoms with Gasteiger partial charge >= 0.3 is 0 Å². The Hall–Kier alpha value is -2.02. The molecule has 1 atom stereocenters. The molecule has 118 valence electrons. The number of benzene rings is 1. The molecule has 1 heterocycles. The second kappa shape index (κ2) is 7.84. The normalized spacial score (nSPS) is 17.2. The van der Waals surface area contributed by atoms with E-state index in [1.165, 1.54) is 0 Å². The maximum Gasteiger partial charge on any atom is 0.262 e. The molecule has 2 amide bonds. The number of anilines is 1. The van der Waals surface area contributed by atoms with Crippen LogP contribution in [0.15, 0.2) is 29.3 Å². The van der Waals surface area contributed by atoms with Crippen molar-refractivity contribution in [2.24, 2.45) is 10.7 Å². The number of carbonyl (C=O) groups is 2. The van der Waals surface area contributed by atoms with Gasteiger partial charge in [-0.15, -0.1) is 0 Å². The lowest BCUT2D eigenvalue weighted by Crippen LogP contribution is -2.22. The zero-order valence-electron chi connectivity index (χ0n) is 12.4. The quantitative estimate of drug-likeness (QED) is 0.751. The Labute approximate surface area is 133 Å². The van der Waals surface area contributed by atoms with Gasteiger partial charge in [0.15, 0.2) is 5.17 Å². The first-order chi connectivity index (χ1) is 10.6. The average molecular weight is 321 g/mol. The van der Waals surface area contributed by atoms with Crippen LogP contribution in [0.1, 0.15) is 26.2 Å². The summed E-state index contributed by atoms with van der Waals surface area (Å²) >= 11 is 1.12. The van der Waals surface area contributed by atoms with Crippen molar-refractivity contribution in [2.75, 3.05) is 11.9 Å². The number of aliphatic imine (C=N–C) groups is 1. The second-order valence-corrected chi connectivity index (χ2v) is 6.07. The number of carbonyl (C=O) groups excluding carboxylic acids is 2. The molecule has 1 aromatic carbocycles. The van der Waals surface area contributed by atoms with Gasteiger partial charge in [-0.25, -0.2) is 0 Å². The third kappa shape index (κ3) is 4.49. The van der Waals surface area contributed by atoms with Gasteiger partial charge in [-0.3, -0.25) is 9.59 Å². The summed E-state index contributed by atoms with van der Waals surface area (Å²) in [4.78, 5) is 27.2. The van der Waals surface area contributed by atoms with Gasteiger partial charge in [-0.1, -0.05) is 37.2 Å². The zero-order chi connectivity index (χ0) is 15.9. The molecule has 0 fully saturated rings. The number of nitrogens with zero attached hydrogens (tertiary/aromatic N) is 1. The number of thioether (sulfide) groups is 1. The molecule has 0 unspecified atom stereocenters. The van der Waals surface area contributed by atoms with Crippen LogP contribution in [0, 0.1) is 0 Å². The van der Waals surface area contributed by atoms with E-state index in [1.54, 1.807) is 6.07 Å². The van der Waals surface area contributed by atoms with E-state index in [0.29, 0.717) is 18.0 Å². The summed E-state index contributed by atoms with van der Waals surface area (Å²) in [6.45, 7) is 2.69. The Morgan fingerprint density at radius 1 is 1.45 bits per heavy atom. The molecule has 1 aromatic rings. The summed E-state index contributed by atoms with van der Waals surface area (Å²) in [5, 5.41) is 2.46. The first kappa shape index (κ1) is 16.4. The van der Waals surface area contributed by atoms with E-state index in [4.69, 9.17) is 10.5 Å². The standard InChI is InChI=1S/C15H19N3O3S/c1-2-3-8-21-11-7-5-4-6-10(11)17-13(19)9-12-14(20)18-15(16)22-12/h4-7,12H,2-3,8-9H2,1H3,(H,17,19)(H2,16,18,20)/t12-/m1/s1. The monoisotopic (exact) mass is 321 g/mol. The molecular formula is C15H19N3O3S. The molecule has 3 N–H and O–H groups in total. The molecular weight excluding hydrogens is 302 g/mol. The van der Waals surface area contributed by atoms with Crippen molar-refractivity contribution in [3.05, 3.63) is 24.3 Å². The van der Waals surface area contributed by atoms with Gasteiger partial charge in [0.1, 0.15) is 11.0 Å². The van der Waals surface area contributed by atoms with Crippen molar-refractivity contribution in [3.8, 4) is 5.75 Å². The number of amides is 2. The van der Waals surface area contributed by atoms with Gasteiger partial charge in [0.25, 0.3) is 5.91 Å². The number of rotatable bonds is 7. The molecule has 0 saturated heterocycles. The predicted octanol–water partition coefficient (Wildman–Crippen LogP) is 2.15. The molecule has 0 saturated carbocycles. The Bertz CT molecular complexity index is 589. The lowest BCUT2D eigenvalue weighted by Gasteiger charge is -2.13. The van der Waals surface area contributed by atoms with E-state index >= 15 is 0 Å².